The van der Waals surface area contributed by atoms with Crippen molar-refractivity contribution in [1.29, 1.82) is 0 Å². The maximum absolute atomic E-state index is 12.6. The molecule has 0 bridgehead atoms. The third-order valence-corrected chi connectivity index (χ3v) is 5.54. The largest absolute Gasteiger partial charge is 0.367 e. The predicted molar refractivity (Wildman–Crippen MR) is 100 cm³/mol. The Kier molecular flexibility index (Phi) is 4.46. The molecule has 136 valence electrons. The van der Waals surface area contributed by atoms with E-state index in [-0.39, 0.29) is 11.9 Å². The normalized spacial score (nSPS) is 17.5. The Morgan fingerprint density at radius 1 is 1.19 bits per heavy atom. The van der Waals surface area contributed by atoms with Gasteiger partial charge in [-0.15, -0.1) is 11.3 Å². The van der Waals surface area contributed by atoms with Gasteiger partial charge >= 0.3 is 0 Å². The first kappa shape index (κ1) is 16.8. The van der Waals surface area contributed by atoms with Crippen molar-refractivity contribution in [3.05, 3.63) is 35.9 Å². The number of nitrogens with one attached hydrogen (secondary N) is 1. The lowest BCUT2D eigenvalue weighted by atomic mass is 10.1. The molecule has 1 aliphatic rings. The molecule has 0 aliphatic carbocycles. The second-order valence-corrected chi connectivity index (χ2v) is 7.59. The first-order chi connectivity index (χ1) is 12.6. The van der Waals surface area contributed by atoms with Crippen LogP contribution in [-0.4, -0.2) is 49.6 Å². The number of anilines is 1. The lowest BCUT2D eigenvalue weighted by molar-refractivity contribution is 0.0937. The van der Waals surface area contributed by atoms with Crippen LogP contribution < -0.4 is 10.2 Å². The smallest absolute Gasteiger partial charge is 0.263 e. The Morgan fingerprint density at radius 3 is 2.73 bits per heavy atom. The van der Waals surface area contributed by atoms with Gasteiger partial charge in [-0.1, -0.05) is 0 Å². The molecule has 0 aromatic carbocycles. The molecule has 4 rings (SSSR count). The summed E-state index contributed by atoms with van der Waals surface area (Å²) in [4.78, 5) is 19.9. The van der Waals surface area contributed by atoms with Gasteiger partial charge in [-0.25, -0.2) is 4.98 Å². The van der Waals surface area contributed by atoms with Crippen molar-refractivity contribution in [1.82, 2.24) is 29.9 Å². The van der Waals surface area contributed by atoms with Gasteiger partial charge in [0.1, 0.15) is 9.88 Å². The van der Waals surface area contributed by atoms with E-state index in [1.807, 2.05) is 32.7 Å². The summed E-state index contributed by atoms with van der Waals surface area (Å²) in [6.45, 7) is 1.79. The number of aryl methyl sites for hydroxylation is 2. The lowest BCUT2D eigenvalue weighted by Crippen LogP contribution is -2.47. The number of hydrogen-bond donors (Lipinski definition) is 1. The second-order valence-electron chi connectivity index (χ2n) is 6.56. The van der Waals surface area contributed by atoms with E-state index >= 15 is 0 Å². The van der Waals surface area contributed by atoms with E-state index in [0.29, 0.717) is 4.88 Å². The third kappa shape index (κ3) is 3.48. The fraction of sp³-hybridized carbons (Fsp3) is 0.412. The maximum atomic E-state index is 12.6. The zero-order valence-corrected chi connectivity index (χ0v) is 15.6. The Labute approximate surface area is 155 Å². The van der Waals surface area contributed by atoms with Crippen LogP contribution >= 0.6 is 11.3 Å². The predicted octanol–water partition coefficient (Wildman–Crippen LogP) is 1.68. The zero-order chi connectivity index (χ0) is 18.1. The minimum absolute atomic E-state index is 0.0596. The average Bonchev–Trinajstić information content (AvgIpc) is 3.35. The molecule has 0 radical (unpaired) electrons. The van der Waals surface area contributed by atoms with Gasteiger partial charge < -0.3 is 10.2 Å². The van der Waals surface area contributed by atoms with Crippen LogP contribution in [0.15, 0.2) is 31.0 Å². The first-order valence-electron chi connectivity index (χ1n) is 8.58. The summed E-state index contributed by atoms with van der Waals surface area (Å²) in [6, 6.07) is 0.125. The molecule has 9 heteroatoms. The fourth-order valence-electron chi connectivity index (χ4n) is 3.20. The minimum atomic E-state index is -0.0596. The van der Waals surface area contributed by atoms with Crippen LogP contribution in [0.2, 0.25) is 0 Å². The number of amides is 1. The van der Waals surface area contributed by atoms with Crippen molar-refractivity contribution in [3.63, 3.8) is 0 Å². The van der Waals surface area contributed by atoms with Crippen LogP contribution in [0.1, 0.15) is 22.5 Å². The Morgan fingerprint density at radius 2 is 2.00 bits per heavy atom. The van der Waals surface area contributed by atoms with Gasteiger partial charge in [-0.05, 0) is 12.8 Å². The summed E-state index contributed by atoms with van der Waals surface area (Å²) < 4.78 is 3.53. The molecular formula is C17H21N7OS. The molecule has 1 aliphatic heterocycles. The number of carbonyl (C=O) groups excluding carboxylic acids is 1. The molecule has 3 aromatic heterocycles. The van der Waals surface area contributed by atoms with Gasteiger partial charge in [0.15, 0.2) is 0 Å². The Bertz CT molecular complexity index is 912. The van der Waals surface area contributed by atoms with Gasteiger partial charge in [-0.3, -0.25) is 14.2 Å². The number of piperidine rings is 1. The highest BCUT2D eigenvalue weighted by molar-refractivity contribution is 7.16. The molecule has 8 nitrogen and oxygen atoms in total. The quantitative estimate of drug-likeness (QED) is 0.755. The van der Waals surface area contributed by atoms with E-state index in [0.717, 1.165) is 42.2 Å². The number of thiazole rings is 1. The van der Waals surface area contributed by atoms with Gasteiger partial charge in [0.25, 0.3) is 5.91 Å². The van der Waals surface area contributed by atoms with Crippen molar-refractivity contribution < 1.29 is 4.79 Å². The molecule has 1 N–H and O–H groups in total. The minimum Gasteiger partial charge on any atom is -0.367 e. The first-order valence-corrected chi connectivity index (χ1v) is 9.39. The van der Waals surface area contributed by atoms with E-state index in [4.69, 9.17) is 0 Å². The molecule has 3 aromatic rings. The van der Waals surface area contributed by atoms with E-state index < -0.39 is 0 Å². The number of nitrogens with zero attached hydrogens (tertiary/aromatic N) is 6. The molecule has 4 heterocycles. The van der Waals surface area contributed by atoms with Crippen LogP contribution in [0, 0.1) is 0 Å². The van der Waals surface area contributed by atoms with Crippen molar-refractivity contribution in [3.8, 4) is 10.6 Å². The van der Waals surface area contributed by atoms with Gasteiger partial charge in [0.05, 0.1) is 24.3 Å². The third-order valence-electron chi connectivity index (χ3n) is 4.49. The number of rotatable bonds is 4. The van der Waals surface area contributed by atoms with Crippen LogP contribution in [0.25, 0.3) is 10.6 Å². The second kappa shape index (κ2) is 6.91. The van der Waals surface area contributed by atoms with Crippen LogP contribution in [-0.2, 0) is 14.1 Å². The molecule has 0 saturated carbocycles. The van der Waals surface area contributed by atoms with Crippen molar-refractivity contribution >= 4 is 22.9 Å². The number of hydrogen-bond acceptors (Lipinski definition) is 6. The monoisotopic (exact) mass is 371 g/mol. The molecule has 1 fully saturated rings. The molecular weight excluding hydrogens is 350 g/mol. The van der Waals surface area contributed by atoms with Crippen molar-refractivity contribution in [2.24, 2.45) is 14.1 Å². The van der Waals surface area contributed by atoms with E-state index in [2.05, 4.69) is 25.4 Å². The summed E-state index contributed by atoms with van der Waals surface area (Å²) >= 11 is 1.39. The molecule has 1 amide bonds. The van der Waals surface area contributed by atoms with Crippen LogP contribution in [0.4, 0.5) is 5.69 Å². The Balaban J connectivity index is 1.40. The maximum Gasteiger partial charge on any atom is 0.263 e. The van der Waals surface area contributed by atoms with Crippen LogP contribution in [0.3, 0.4) is 0 Å². The van der Waals surface area contributed by atoms with Gasteiger partial charge in [0, 0.05) is 51.2 Å². The number of carbonyl (C=O) groups is 1. The summed E-state index contributed by atoms with van der Waals surface area (Å²) in [5.74, 6) is -0.0596. The Hall–Kier alpha value is -2.68. The molecule has 1 unspecified atom stereocenters. The summed E-state index contributed by atoms with van der Waals surface area (Å²) in [5, 5.41) is 12.3. The number of aromatic nitrogens is 5. The topological polar surface area (TPSA) is 80.9 Å². The zero-order valence-electron chi connectivity index (χ0n) is 14.8. The van der Waals surface area contributed by atoms with E-state index in [1.54, 1.807) is 21.8 Å². The summed E-state index contributed by atoms with van der Waals surface area (Å²) in [7, 11) is 3.78. The highest BCUT2D eigenvalue weighted by atomic mass is 32.1. The molecule has 0 spiro atoms. The fourth-order valence-corrected chi connectivity index (χ4v) is 4.00. The van der Waals surface area contributed by atoms with E-state index in [1.165, 1.54) is 11.3 Å². The lowest BCUT2D eigenvalue weighted by Gasteiger charge is -2.33. The van der Waals surface area contributed by atoms with E-state index in [9.17, 15) is 4.79 Å². The van der Waals surface area contributed by atoms with Gasteiger partial charge in [-0.2, -0.15) is 10.2 Å². The summed E-state index contributed by atoms with van der Waals surface area (Å²) in [5.41, 5.74) is 2.03. The van der Waals surface area contributed by atoms with Crippen LogP contribution in [0.5, 0.6) is 0 Å². The van der Waals surface area contributed by atoms with Gasteiger partial charge in [0.2, 0.25) is 0 Å². The molecule has 26 heavy (non-hydrogen) atoms. The molecule has 1 atom stereocenters. The van der Waals surface area contributed by atoms with Crippen molar-refractivity contribution in [2.75, 3.05) is 18.0 Å². The standard InChI is InChI=1S/C17H21N7OS/c1-22-9-12(6-19-22)17-18-8-15(26-17)16(25)21-13-4-3-5-24(10-13)14-7-20-23(2)11-14/h6-9,11,13H,3-5,10H2,1-2H3,(H,21,25). The highest BCUT2D eigenvalue weighted by Crippen LogP contribution is 2.25. The average molecular weight is 371 g/mol. The molecule has 1 saturated heterocycles. The SMILES string of the molecule is Cn1cc(-c2ncc(C(=O)NC3CCCN(c4cnn(C)c4)C3)s2)cn1. The van der Waals surface area contributed by atoms with Crippen molar-refractivity contribution in [2.45, 2.75) is 18.9 Å². The summed E-state index contributed by atoms with van der Waals surface area (Å²) in [6.07, 6.45) is 11.2. The highest BCUT2D eigenvalue weighted by Gasteiger charge is 2.23.